The molecule has 6 heteroatoms. The second kappa shape index (κ2) is 5.13. The van der Waals surface area contributed by atoms with Gasteiger partial charge in [-0.2, -0.15) is 13.2 Å². The summed E-state index contributed by atoms with van der Waals surface area (Å²) in [6, 6.07) is 8.12. The molecule has 0 saturated heterocycles. The van der Waals surface area contributed by atoms with Crippen molar-refractivity contribution in [2.75, 3.05) is 6.54 Å². The Morgan fingerprint density at radius 2 is 2.10 bits per heavy atom. The van der Waals surface area contributed by atoms with E-state index in [0.29, 0.717) is 18.7 Å². The zero-order chi connectivity index (χ0) is 15.0. The number of pyridine rings is 1. The Morgan fingerprint density at radius 1 is 1.29 bits per heavy atom. The summed E-state index contributed by atoms with van der Waals surface area (Å²) in [4.78, 5) is 3.38. The monoisotopic (exact) mass is 294 g/mol. The van der Waals surface area contributed by atoms with Gasteiger partial charge in [-0.3, -0.25) is 4.98 Å². The van der Waals surface area contributed by atoms with Crippen molar-refractivity contribution in [2.24, 2.45) is 5.73 Å². The first-order valence-electron chi connectivity index (χ1n) is 6.48. The number of nitrogens with two attached hydrogens (primary N) is 1. The SMILES string of the molecule is NC[C@@H]1OCc2c(-c3ccnc(C(F)(F)F)c3)cccc21. The number of nitrogens with zero attached hydrogens (tertiary/aromatic N) is 1. The number of alkyl halides is 3. The van der Waals surface area contributed by atoms with E-state index < -0.39 is 11.9 Å². The minimum absolute atomic E-state index is 0.191. The molecular weight excluding hydrogens is 281 g/mol. The number of rotatable bonds is 2. The summed E-state index contributed by atoms with van der Waals surface area (Å²) >= 11 is 0. The quantitative estimate of drug-likeness (QED) is 0.924. The molecule has 1 aromatic heterocycles. The van der Waals surface area contributed by atoms with Gasteiger partial charge >= 0.3 is 6.18 Å². The Morgan fingerprint density at radius 3 is 2.81 bits per heavy atom. The van der Waals surface area contributed by atoms with Crippen molar-refractivity contribution in [1.29, 1.82) is 0 Å². The highest BCUT2D eigenvalue weighted by atomic mass is 19.4. The molecule has 1 aliphatic heterocycles. The number of hydrogen-bond donors (Lipinski definition) is 1. The third-order valence-electron chi connectivity index (χ3n) is 3.56. The summed E-state index contributed by atoms with van der Waals surface area (Å²) in [5, 5.41) is 0. The van der Waals surface area contributed by atoms with Crippen LogP contribution in [0.5, 0.6) is 0 Å². The zero-order valence-electron chi connectivity index (χ0n) is 11.0. The average molecular weight is 294 g/mol. The smallest absolute Gasteiger partial charge is 0.367 e. The molecule has 3 rings (SSSR count). The standard InChI is InChI=1S/C15H13F3N2O/c16-15(17,18)14-6-9(4-5-20-14)10-2-1-3-11-12(10)8-21-13(11)7-19/h1-6,13H,7-8,19H2/t13-/m0/s1. The summed E-state index contributed by atoms with van der Waals surface area (Å²) < 4.78 is 43.9. The maximum absolute atomic E-state index is 12.8. The van der Waals surface area contributed by atoms with E-state index in [9.17, 15) is 13.2 Å². The molecule has 2 aromatic rings. The Hall–Kier alpha value is -1.92. The molecule has 0 bridgehead atoms. The van der Waals surface area contributed by atoms with Gasteiger partial charge in [-0.05, 0) is 34.4 Å². The largest absolute Gasteiger partial charge is 0.433 e. The maximum atomic E-state index is 12.8. The molecule has 0 aliphatic carbocycles. The van der Waals surface area contributed by atoms with Crippen LogP contribution in [-0.2, 0) is 17.5 Å². The fourth-order valence-electron chi connectivity index (χ4n) is 2.56. The second-order valence-electron chi connectivity index (χ2n) is 4.84. The van der Waals surface area contributed by atoms with Gasteiger partial charge in [0.15, 0.2) is 0 Å². The average Bonchev–Trinajstić information content (AvgIpc) is 2.89. The van der Waals surface area contributed by atoms with Crippen LogP contribution in [0.4, 0.5) is 13.2 Å². The van der Waals surface area contributed by atoms with Crippen LogP contribution in [0.3, 0.4) is 0 Å². The van der Waals surface area contributed by atoms with Crippen LogP contribution < -0.4 is 5.73 Å². The van der Waals surface area contributed by atoms with E-state index >= 15 is 0 Å². The van der Waals surface area contributed by atoms with Crippen LogP contribution in [0.15, 0.2) is 36.5 Å². The van der Waals surface area contributed by atoms with Crippen molar-refractivity contribution >= 4 is 0 Å². The van der Waals surface area contributed by atoms with Gasteiger partial charge in [0.05, 0.1) is 12.7 Å². The molecule has 3 nitrogen and oxygen atoms in total. The number of halogens is 3. The number of hydrogen-bond acceptors (Lipinski definition) is 3. The Balaban J connectivity index is 2.09. The first kappa shape index (κ1) is 14.0. The lowest BCUT2D eigenvalue weighted by Gasteiger charge is -2.11. The van der Waals surface area contributed by atoms with Crippen LogP contribution in [0.2, 0.25) is 0 Å². The lowest BCUT2D eigenvalue weighted by molar-refractivity contribution is -0.141. The number of ether oxygens (including phenoxy) is 1. The zero-order valence-corrected chi connectivity index (χ0v) is 11.0. The molecule has 0 spiro atoms. The van der Waals surface area contributed by atoms with Crippen LogP contribution in [0, 0.1) is 0 Å². The number of aromatic nitrogens is 1. The van der Waals surface area contributed by atoms with Gasteiger partial charge in [-0.25, -0.2) is 0 Å². The predicted octanol–water partition coefficient (Wildman–Crippen LogP) is 3.30. The molecule has 0 unspecified atom stereocenters. The third-order valence-corrected chi connectivity index (χ3v) is 3.56. The Labute approximate surface area is 119 Å². The molecule has 0 radical (unpaired) electrons. The predicted molar refractivity (Wildman–Crippen MR) is 71.3 cm³/mol. The molecule has 0 fully saturated rings. The van der Waals surface area contributed by atoms with Crippen molar-refractivity contribution in [3.05, 3.63) is 53.3 Å². The lowest BCUT2D eigenvalue weighted by Crippen LogP contribution is -2.10. The summed E-state index contributed by atoms with van der Waals surface area (Å²) in [5.74, 6) is 0. The first-order valence-corrected chi connectivity index (χ1v) is 6.48. The number of fused-ring (bicyclic) bond motifs is 1. The van der Waals surface area contributed by atoms with E-state index in [0.717, 1.165) is 22.8 Å². The van der Waals surface area contributed by atoms with Crippen LogP contribution >= 0.6 is 0 Å². The molecule has 1 atom stereocenters. The summed E-state index contributed by atoms with van der Waals surface area (Å²) in [5.41, 5.74) is 7.79. The minimum atomic E-state index is -4.45. The minimum Gasteiger partial charge on any atom is -0.367 e. The van der Waals surface area contributed by atoms with E-state index in [1.54, 1.807) is 18.2 Å². The van der Waals surface area contributed by atoms with Gasteiger partial charge in [-0.15, -0.1) is 0 Å². The van der Waals surface area contributed by atoms with Crippen molar-refractivity contribution in [2.45, 2.75) is 18.9 Å². The van der Waals surface area contributed by atoms with Gasteiger partial charge in [0.2, 0.25) is 0 Å². The van der Waals surface area contributed by atoms with Crippen molar-refractivity contribution < 1.29 is 17.9 Å². The highest BCUT2D eigenvalue weighted by molar-refractivity contribution is 5.69. The van der Waals surface area contributed by atoms with Gasteiger partial charge in [0, 0.05) is 12.7 Å². The topological polar surface area (TPSA) is 48.1 Å². The van der Waals surface area contributed by atoms with E-state index in [1.807, 2.05) is 6.07 Å². The van der Waals surface area contributed by atoms with Crippen LogP contribution in [0.25, 0.3) is 11.1 Å². The van der Waals surface area contributed by atoms with Gasteiger partial charge < -0.3 is 10.5 Å². The highest BCUT2D eigenvalue weighted by Crippen LogP contribution is 2.38. The molecule has 21 heavy (non-hydrogen) atoms. The van der Waals surface area contributed by atoms with E-state index in [4.69, 9.17) is 10.5 Å². The van der Waals surface area contributed by atoms with Crippen LogP contribution in [-0.4, -0.2) is 11.5 Å². The molecule has 0 saturated carbocycles. The fourth-order valence-corrected chi connectivity index (χ4v) is 2.56. The van der Waals surface area contributed by atoms with E-state index in [-0.39, 0.29) is 6.10 Å². The van der Waals surface area contributed by atoms with Gasteiger partial charge in [0.25, 0.3) is 0 Å². The summed E-state index contributed by atoms with van der Waals surface area (Å²) in [6.07, 6.45) is -3.47. The summed E-state index contributed by atoms with van der Waals surface area (Å²) in [6.45, 7) is 0.706. The van der Waals surface area contributed by atoms with Gasteiger partial charge in [-0.1, -0.05) is 18.2 Å². The third kappa shape index (κ3) is 2.52. The fraction of sp³-hybridized carbons (Fsp3) is 0.267. The summed E-state index contributed by atoms with van der Waals surface area (Å²) in [7, 11) is 0. The molecule has 1 aliphatic rings. The molecule has 1 aromatic carbocycles. The normalized spacial score (nSPS) is 17.8. The van der Waals surface area contributed by atoms with Crippen molar-refractivity contribution in [3.8, 4) is 11.1 Å². The van der Waals surface area contributed by atoms with Gasteiger partial charge in [0.1, 0.15) is 5.69 Å². The Kier molecular flexibility index (Phi) is 3.43. The van der Waals surface area contributed by atoms with Crippen molar-refractivity contribution in [3.63, 3.8) is 0 Å². The molecular formula is C15H13F3N2O. The van der Waals surface area contributed by atoms with Crippen LogP contribution in [0.1, 0.15) is 22.9 Å². The first-order chi connectivity index (χ1) is 10.0. The lowest BCUT2D eigenvalue weighted by atomic mass is 9.95. The highest BCUT2D eigenvalue weighted by Gasteiger charge is 2.33. The maximum Gasteiger partial charge on any atom is 0.433 e. The second-order valence-corrected chi connectivity index (χ2v) is 4.84. The van der Waals surface area contributed by atoms with Crippen molar-refractivity contribution in [1.82, 2.24) is 4.98 Å². The molecule has 110 valence electrons. The molecule has 0 amide bonds. The Bertz CT molecular complexity index is 670. The van der Waals surface area contributed by atoms with E-state index in [1.165, 1.54) is 6.20 Å². The molecule has 2 heterocycles. The van der Waals surface area contributed by atoms with E-state index in [2.05, 4.69) is 4.98 Å². The molecule has 2 N–H and O–H groups in total. The number of benzene rings is 1.